The van der Waals surface area contributed by atoms with Crippen molar-refractivity contribution in [2.24, 2.45) is 5.92 Å². The second kappa shape index (κ2) is 7.43. The van der Waals surface area contributed by atoms with Crippen molar-refractivity contribution in [2.45, 2.75) is 45.1 Å². The van der Waals surface area contributed by atoms with Gasteiger partial charge in [0.1, 0.15) is 5.82 Å². The van der Waals surface area contributed by atoms with E-state index in [1.54, 1.807) is 6.07 Å². The SMILES string of the molecule is CC1CCCC(N(C)C(=O)NCCc2cccc(F)c2)C1. The highest BCUT2D eigenvalue weighted by molar-refractivity contribution is 5.74. The van der Waals surface area contributed by atoms with Crippen LogP contribution in [0.3, 0.4) is 0 Å². The van der Waals surface area contributed by atoms with Gasteiger partial charge in [-0.15, -0.1) is 0 Å². The first-order chi connectivity index (χ1) is 10.1. The highest BCUT2D eigenvalue weighted by atomic mass is 19.1. The van der Waals surface area contributed by atoms with Gasteiger partial charge in [0.05, 0.1) is 0 Å². The Hall–Kier alpha value is -1.58. The lowest BCUT2D eigenvalue weighted by Gasteiger charge is -2.34. The van der Waals surface area contributed by atoms with Crippen LogP contribution in [0.4, 0.5) is 9.18 Å². The lowest BCUT2D eigenvalue weighted by Crippen LogP contribution is -2.45. The van der Waals surface area contributed by atoms with Crippen molar-refractivity contribution in [1.82, 2.24) is 10.2 Å². The van der Waals surface area contributed by atoms with Crippen molar-refractivity contribution in [3.05, 3.63) is 35.6 Å². The van der Waals surface area contributed by atoms with E-state index in [0.717, 1.165) is 18.4 Å². The van der Waals surface area contributed by atoms with Crippen LogP contribution < -0.4 is 5.32 Å². The minimum atomic E-state index is -0.230. The average molecular weight is 292 g/mol. The molecule has 21 heavy (non-hydrogen) atoms. The second-order valence-electron chi connectivity index (χ2n) is 6.15. The molecular weight excluding hydrogens is 267 g/mol. The van der Waals surface area contributed by atoms with Crippen molar-refractivity contribution in [2.75, 3.05) is 13.6 Å². The molecular formula is C17H25FN2O. The molecule has 1 aromatic carbocycles. The summed E-state index contributed by atoms with van der Waals surface area (Å²) < 4.78 is 13.1. The summed E-state index contributed by atoms with van der Waals surface area (Å²) in [6.45, 7) is 2.79. The van der Waals surface area contributed by atoms with Gasteiger partial charge in [0.25, 0.3) is 0 Å². The summed E-state index contributed by atoms with van der Waals surface area (Å²) in [6, 6.07) is 6.84. The number of hydrogen-bond donors (Lipinski definition) is 1. The minimum absolute atomic E-state index is 0.0227. The quantitative estimate of drug-likeness (QED) is 0.903. The average Bonchev–Trinajstić information content (AvgIpc) is 2.46. The molecule has 4 heteroatoms. The lowest BCUT2D eigenvalue weighted by molar-refractivity contribution is 0.160. The number of urea groups is 1. The molecule has 1 aliphatic carbocycles. The first-order valence-electron chi connectivity index (χ1n) is 7.81. The number of hydrogen-bond acceptors (Lipinski definition) is 1. The fourth-order valence-corrected chi connectivity index (χ4v) is 3.05. The number of nitrogens with zero attached hydrogens (tertiary/aromatic N) is 1. The third-order valence-electron chi connectivity index (χ3n) is 4.36. The van der Waals surface area contributed by atoms with Crippen LogP contribution in [0.1, 0.15) is 38.2 Å². The van der Waals surface area contributed by atoms with Crippen molar-refractivity contribution in [3.63, 3.8) is 0 Å². The smallest absolute Gasteiger partial charge is 0.317 e. The van der Waals surface area contributed by atoms with E-state index < -0.39 is 0 Å². The largest absolute Gasteiger partial charge is 0.338 e. The molecule has 1 aromatic rings. The van der Waals surface area contributed by atoms with Gasteiger partial charge in [-0.25, -0.2) is 9.18 Å². The monoisotopic (exact) mass is 292 g/mol. The molecule has 0 aromatic heterocycles. The molecule has 1 aliphatic rings. The number of nitrogens with one attached hydrogen (secondary N) is 1. The number of amides is 2. The highest BCUT2D eigenvalue weighted by Gasteiger charge is 2.25. The second-order valence-corrected chi connectivity index (χ2v) is 6.15. The van der Waals surface area contributed by atoms with Crippen LogP contribution >= 0.6 is 0 Å². The van der Waals surface area contributed by atoms with Crippen LogP contribution in [-0.2, 0) is 6.42 Å². The topological polar surface area (TPSA) is 32.3 Å². The summed E-state index contributed by atoms with van der Waals surface area (Å²) in [5.74, 6) is 0.471. The Kier molecular flexibility index (Phi) is 5.59. The highest BCUT2D eigenvalue weighted by Crippen LogP contribution is 2.26. The summed E-state index contributed by atoms with van der Waals surface area (Å²) in [5, 5.41) is 2.93. The van der Waals surface area contributed by atoms with Crippen molar-refractivity contribution in [3.8, 4) is 0 Å². The van der Waals surface area contributed by atoms with E-state index in [9.17, 15) is 9.18 Å². The van der Waals surface area contributed by atoms with E-state index in [4.69, 9.17) is 0 Å². The molecule has 1 N–H and O–H groups in total. The van der Waals surface area contributed by atoms with Crippen LogP contribution in [-0.4, -0.2) is 30.6 Å². The first kappa shape index (κ1) is 15.8. The third-order valence-corrected chi connectivity index (χ3v) is 4.36. The van der Waals surface area contributed by atoms with Gasteiger partial charge in [0.15, 0.2) is 0 Å². The predicted octanol–water partition coefficient (Wildman–Crippen LogP) is 3.59. The van der Waals surface area contributed by atoms with Crippen LogP contribution in [0.5, 0.6) is 0 Å². The van der Waals surface area contributed by atoms with E-state index in [-0.39, 0.29) is 11.8 Å². The zero-order valence-electron chi connectivity index (χ0n) is 12.9. The molecule has 1 saturated carbocycles. The van der Waals surface area contributed by atoms with E-state index >= 15 is 0 Å². The normalized spacial score (nSPS) is 21.9. The van der Waals surface area contributed by atoms with E-state index in [1.807, 2.05) is 18.0 Å². The van der Waals surface area contributed by atoms with Crippen LogP contribution in [0, 0.1) is 11.7 Å². The lowest BCUT2D eigenvalue weighted by atomic mass is 9.86. The van der Waals surface area contributed by atoms with Crippen LogP contribution in [0.15, 0.2) is 24.3 Å². The molecule has 1 fully saturated rings. The molecule has 0 radical (unpaired) electrons. The maximum Gasteiger partial charge on any atom is 0.317 e. The number of carbonyl (C=O) groups excluding carboxylic acids is 1. The van der Waals surface area contributed by atoms with Gasteiger partial charge in [-0.3, -0.25) is 0 Å². The van der Waals surface area contributed by atoms with Crippen LogP contribution in [0.25, 0.3) is 0 Å². The molecule has 2 amide bonds. The van der Waals surface area contributed by atoms with Gasteiger partial charge in [-0.2, -0.15) is 0 Å². The number of benzene rings is 1. The van der Waals surface area contributed by atoms with Crippen molar-refractivity contribution in [1.29, 1.82) is 0 Å². The number of carbonyl (C=O) groups is 1. The van der Waals surface area contributed by atoms with Crippen molar-refractivity contribution >= 4 is 6.03 Å². The van der Waals surface area contributed by atoms with Crippen molar-refractivity contribution < 1.29 is 9.18 Å². The molecule has 0 aliphatic heterocycles. The molecule has 2 unspecified atom stereocenters. The predicted molar refractivity (Wildman–Crippen MR) is 82.7 cm³/mol. The zero-order chi connectivity index (χ0) is 15.2. The van der Waals surface area contributed by atoms with Gasteiger partial charge in [0, 0.05) is 19.6 Å². The maximum absolute atomic E-state index is 13.1. The van der Waals surface area contributed by atoms with E-state index in [2.05, 4.69) is 12.2 Å². The van der Waals surface area contributed by atoms with Gasteiger partial charge >= 0.3 is 6.03 Å². The molecule has 0 spiro atoms. The summed E-state index contributed by atoms with van der Waals surface area (Å²) in [6.07, 6.45) is 5.31. The van der Waals surface area contributed by atoms with Gasteiger partial charge < -0.3 is 10.2 Å². The van der Waals surface area contributed by atoms with Gasteiger partial charge in [0.2, 0.25) is 0 Å². The standard InChI is InChI=1S/C17H25FN2O/c1-13-5-3-8-16(11-13)20(2)17(21)19-10-9-14-6-4-7-15(18)12-14/h4,6-7,12-13,16H,3,5,8-11H2,1-2H3,(H,19,21). The molecule has 0 bridgehead atoms. The summed E-state index contributed by atoms with van der Waals surface area (Å²) in [5.41, 5.74) is 0.907. The summed E-state index contributed by atoms with van der Waals surface area (Å²) in [4.78, 5) is 14.0. The Labute approximate surface area is 126 Å². The van der Waals surface area contributed by atoms with Crippen LogP contribution in [0.2, 0.25) is 0 Å². The van der Waals surface area contributed by atoms with Gasteiger partial charge in [-0.1, -0.05) is 31.9 Å². The van der Waals surface area contributed by atoms with Gasteiger partial charge in [-0.05, 0) is 42.9 Å². The molecule has 3 nitrogen and oxygen atoms in total. The first-order valence-corrected chi connectivity index (χ1v) is 7.81. The summed E-state index contributed by atoms with van der Waals surface area (Å²) in [7, 11) is 1.88. The Morgan fingerprint density at radius 2 is 2.24 bits per heavy atom. The molecule has 0 saturated heterocycles. The Morgan fingerprint density at radius 1 is 1.43 bits per heavy atom. The Bertz CT molecular complexity index is 478. The number of halogens is 1. The maximum atomic E-state index is 13.1. The number of rotatable bonds is 4. The molecule has 0 heterocycles. The zero-order valence-corrected chi connectivity index (χ0v) is 12.9. The molecule has 116 valence electrons. The third kappa shape index (κ3) is 4.73. The fourth-order valence-electron chi connectivity index (χ4n) is 3.05. The Morgan fingerprint density at radius 3 is 2.95 bits per heavy atom. The minimum Gasteiger partial charge on any atom is -0.338 e. The fraction of sp³-hybridized carbons (Fsp3) is 0.588. The molecule has 2 atom stereocenters. The molecule has 2 rings (SSSR count). The summed E-state index contributed by atoms with van der Waals surface area (Å²) >= 11 is 0. The van der Waals surface area contributed by atoms with E-state index in [1.165, 1.54) is 25.0 Å². The Balaban J connectivity index is 1.76. The van der Waals surface area contributed by atoms with E-state index in [0.29, 0.717) is 24.9 Å².